The SMILES string of the molecule is CN(N)C(=O)c1ccc(C(O)C(F)(F)F)cc1. The molecule has 94 valence electrons. The summed E-state index contributed by atoms with van der Waals surface area (Å²) < 4.78 is 36.5. The fourth-order valence-electron chi connectivity index (χ4n) is 1.20. The normalized spacial score (nSPS) is 13.3. The number of benzene rings is 1. The zero-order chi connectivity index (χ0) is 13.2. The number of aliphatic hydroxyl groups is 1. The van der Waals surface area contributed by atoms with E-state index >= 15 is 0 Å². The molecule has 1 rings (SSSR count). The number of hydrazine groups is 1. The largest absolute Gasteiger partial charge is 0.418 e. The summed E-state index contributed by atoms with van der Waals surface area (Å²) in [6.07, 6.45) is -7.28. The van der Waals surface area contributed by atoms with Gasteiger partial charge in [0.1, 0.15) is 0 Å². The quantitative estimate of drug-likeness (QED) is 0.470. The molecule has 0 aromatic heterocycles. The van der Waals surface area contributed by atoms with Crippen LogP contribution in [0.3, 0.4) is 0 Å². The molecule has 0 bridgehead atoms. The van der Waals surface area contributed by atoms with Gasteiger partial charge < -0.3 is 5.11 Å². The van der Waals surface area contributed by atoms with Gasteiger partial charge in [0, 0.05) is 12.6 Å². The number of aliphatic hydroxyl groups excluding tert-OH is 1. The maximum atomic E-state index is 12.2. The van der Waals surface area contributed by atoms with Gasteiger partial charge in [-0.15, -0.1) is 0 Å². The van der Waals surface area contributed by atoms with Crippen molar-refractivity contribution < 1.29 is 23.1 Å². The number of halogens is 3. The Morgan fingerprint density at radius 2 is 1.82 bits per heavy atom. The van der Waals surface area contributed by atoms with Gasteiger partial charge in [0.05, 0.1) is 0 Å². The van der Waals surface area contributed by atoms with Crippen LogP contribution in [0.25, 0.3) is 0 Å². The third-order valence-electron chi connectivity index (χ3n) is 2.10. The molecular formula is C10H11F3N2O2. The second-order valence-corrected chi connectivity index (χ2v) is 3.48. The highest BCUT2D eigenvalue weighted by molar-refractivity contribution is 5.93. The number of carbonyl (C=O) groups excluding carboxylic acids is 1. The highest BCUT2D eigenvalue weighted by Gasteiger charge is 2.39. The van der Waals surface area contributed by atoms with E-state index in [9.17, 15) is 18.0 Å². The average Bonchev–Trinajstić information content (AvgIpc) is 2.26. The van der Waals surface area contributed by atoms with Crippen LogP contribution in [-0.2, 0) is 0 Å². The minimum atomic E-state index is -4.73. The highest BCUT2D eigenvalue weighted by Crippen LogP contribution is 2.32. The van der Waals surface area contributed by atoms with Crippen molar-refractivity contribution in [2.24, 2.45) is 5.84 Å². The number of carbonyl (C=O) groups is 1. The van der Waals surface area contributed by atoms with Crippen LogP contribution in [0.5, 0.6) is 0 Å². The number of amides is 1. The molecule has 17 heavy (non-hydrogen) atoms. The zero-order valence-electron chi connectivity index (χ0n) is 8.90. The van der Waals surface area contributed by atoms with Crippen molar-refractivity contribution >= 4 is 5.91 Å². The smallest absolute Gasteiger partial charge is 0.379 e. The molecule has 3 N–H and O–H groups in total. The van der Waals surface area contributed by atoms with Crippen molar-refractivity contribution in [3.05, 3.63) is 35.4 Å². The van der Waals surface area contributed by atoms with Crippen molar-refractivity contribution in [2.75, 3.05) is 7.05 Å². The zero-order valence-corrected chi connectivity index (χ0v) is 8.90. The molecule has 0 aliphatic carbocycles. The van der Waals surface area contributed by atoms with Gasteiger partial charge in [-0.25, -0.2) is 5.84 Å². The molecule has 1 aromatic carbocycles. The molecule has 0 aliphatic rings. The van der Waals surface area contributed by atoms with Gasteiger partial charge in [0.25, 0.3) is 5.91 Å². The summed E-state index contributed by atoms with van der Waals surface area (Å²) in [7, 11) is 1.32. The predicted octanol–water partition coefficient (Wildman–Crippen LogP) is 1.23. The average molecular weight is 248 g/mol. The monoisotopic (exact) mass is 248 g/mol. The van der Waals surface area contributed by atoms with Crippen LogP contribution >= 0.6 is 0 Å². The van der Waals surface area contributed by atoms with Crippen molar-refractivity contribution in [3.63, 3.8) is 0 Å². The molecule has 1 unspecified atom stereocenters. The van der Waals surface area contributed by atoms with Gasteiger partial charge in [-0.05, 0) is 17.7 Å². The molecule has 0 radical (unpaired) electrons. The van der Waals surface area contributed by atoms with E-state index in [1.54, 1.807) is 0 Å². The van der Waals surface area contributed by atoms with Crippen LogP contribution in [0.4, 0.5) is 13.2 Å². The first-order chi connectivity index (χ1) is 7.73. The lowest BCUT2D eigenvalue weighted by atomic mass is 10.1. The number of hydrogen-bond donors (Lipinski definition) is 2. The third-order valence-corrected chi connectivity index (χ3v) is 2.10. The Hall–Kier alpha value is -1.60. The Morgan fingerprint density at radius 3 is 2.18 bits per heavy atom. The van der Waals surface area contributed by atoms with Crippen molar-refractivity contribution in [3.8, 4) is 0 Å². The van der Waals surface area contributed by atoms with Gasteiger partial charge in [0.15, 0.2) is 6.10 Å². The number of nitrogens with two attached hydrogens (primary N) is 1. The van der Waals surface area contributed by atoms with Crippen LogP contribution in [-0.4, -0.2) is 29.2 Å². The standard InChI is InChI=1S/C10H11F3N2O2/c1-15(14)9(17)7-4-2-6(3-5-7)8(16)10(11,12)13/h2-5,8,16H,14H2,1H3. The molecule has 0 heterocycles. The van der Waals surface area contributed by atoms with Crippen LogP contribution in [0.1, 0.15) is 22.0 Å². The summed E-state index contributed by atoms with van der Waals surface area (Å²) in [5.74, 6) is 4.66. The summed E-state index contributed by atoms with van der Waals surface area (Å²) in [5, 5.41) is 9.77. The van der Waals surface area contributed by atoms with E-state index in [4.69, 9.17) is 10.9 Å². The number of alkyl halides is 3. The van der Waals surface area contributed by atoms with Crippen molar-refractivity contribution in [2.45, 2.75) is 12.3 Å². The van der Waals surface area contributed by atoms with Gasteiger partial charge >= 0.3 is 6.18 Å². The van der Waals surface area contributed by atoms with Crippen LogP contribution in [0, 0.1) is 0 Å². The molecule has 7 heteroatoms. The third kappa shape index (κ3) is 3.18. The molecule has 1 amide bonds. The summed E-state index contributed by atoms with van der Waals surface area (Å²) in [4.78, 5) is 11.3. The Balaban J connectivity index is 2.93. The molecule has 0 spiro atoms. The first kappa shape index (κ1) is 13.5. The summed E-state index contributed by atoms with van der Waals surface area (Å²) >= 11 is 0. The lowest BCUT2D eigenvalue weighted by Crippen LogP contribution is -2.33. The van der Waals surface area contributed by atoms with E-state index in [2.05, 4.69) is 0 Å². The lowest BCUT2D eigenvalue weighted by molar-refractivity contribution is -0.206. The predicted molar refractivity (Wildman–Crippen MR) is 53.7 cm³/mol. The van der Waals surface area contributed by atoms with Gasteiger partial charge in [-0.1, -0.05) is 12.1 Å². The first-order valence-electron chi connectivity index (χ1n) is 4.61. The number of nitrogens with zero attached hydrogens (tertiary/aromatic N) is 1. The number of hydrogen-bond acceptors (Lipinski definition) is 3. The summed E-state index contributed by atoms with van der Waals surface area (Å²) in [6, 6.07) is 4.43. The molecule has 1 aromatic rings. The first-order valence-corrected chi connectivity index (χ1v) is 4.61. The number of rotatable bonds is 2. The van der Waals surface area contributed by atoms with E-state index in [1.165, 1.54) is 19.2 Å². The Bertz CT molecular complexity index is 401. The molecule has 4 nitrogen and oxygen atoms in total. The van der Waals surface area contributed by atoms with Crippen molar-refractivity contribution in [1.29, 1.82) is 0 Å². The minimum Gasteiger partial charge on any atom is -0.379 e. The Kier molecular flexibility index (Phi) is 3.74. The lowest BCUT2D eigenvalue weighted by Gasteiger charge is -2.15. The van der Waals surface area contributed by atoms with E-state index in [0.717, 1.165) is 17.1 Å². The van der Waals surface area contributed by atoms with Gasteiger partial charge in [-0.3, -0.25) is 9.80 Å². The topological polar surface area (TPSA) is 66.6 Å². The minimum absolute atomic E-state index is 0.146. The van der Waals surface area contributed by atoms with E-state index in [0.29, 0.717) is 0 Å². The fourth-order valence-corrected chi connectivity index (χ4v) is 1.20. The van der Waals surface area contributed by atoms with Gasteiger partial charge in [-0.2, -0.15) is 13.2 Å². The second-order valence-electron chi connectivity index (χ2n) is 3.48. The highest BCUT2D eigenvalue weighted by atomic mass is 19.4. The maximum absolute atomic E-state index is 12.2. The van der Waals surface area contributed by atoms with E-state index < -0.39 is 18.2 Å². The molecule has 1 atom stereocenters. The van der Waals surface area contributed by atoms with E-state index in [1.807, 2.05) is 0 Å². The Morgan fingerprint density at radius 1 is 1.35 bits per heavy atom. The van der Waals surface area contributed by atoms with Crippen LogP contribution in [0.2, 0.25) is 0 Å². The Labute approximate surface area is 95.4 Å². The van der Waals surface area contributed by atoms with E-state index in [-0.39, 0.29) is 11.1 Å². The van der Waals surface area contributed by atoms with Crippen LogP contribution in [0.15, 0.2) is 24.3 Å². The van der Waals surface area contributed by atoms with Gasteiger partial charge in [0.2, 0.25) is 0 Å². The molecule has 0 fully saturated rings. The second kappa shape index (κ2) is 4.72. The molecule has 0 aliphatic heterocycles. The molecular weight excluding hydrogens is 237 g/mol. The molecule has 0 saturated heterocycles. The summed E-state index contributed by atoms with van der Waals surface area (Å²) in [5.41, 5.74) is -0.179. The maximum Gasteiger partial charge on any atom is 0.418 e. The molecule has 0 saturated carbocycles. The summed E-state index contributed by atoms with van der Waals surface area (Å²) in [6.45, 7) is 0. The van der Waals surface area contributed by atoms with Crippen LogP contribution < -0.4 is 5.84 Å². The van der Waals surface area contributed by atoms with Crippen molar-refractivity contribution in [1.82, 2.24) is 5.01 Å². The fraction of sp³-hybridized carbons (Fsp3) is 0.300.